The number of H-pyrrole nitrogens is 1. The summed E-state index contributed by atoms with van der Waals surface area (Å²) in [5.41, 5.74) is 31.9. The van der Waals surface area contributed by atoms with Gasteiger partial charge in [0.2, 0.25) is 5.82 Å². The fraction of sp³-hybridized carbons (Fsp3) is 0.0317. The van der Waals surface area contributed by atoms with Crippen LogP contribution in [0.15, 0.2) is 243 Å². The van der Waals surface area contributed by atoms with Gasteiger partial charge in [-0.3, -0.25) is 9.71 Å². The van der Waals surface area contributed by atoms with Crippen molar-refractivity contribution in [1.82, 2.24) is 35.6 Å². The van der Waals surface area contributed by atoms with Crippen molar-refractivity contribution in [2.45, 2.75) is 7.43 Å². The molecule has 0 unspecified atom stereocenters. The molecule has 0 fully saturated rings. The van der Waals surface area contributed by atoms with Crippen molar-refractivity contribution in [3.63, 3.8) is 0 Å². The second-order valence-corrected chi connectivity index (χ2v) is 22.0. The molecule has 4 heterocycles. The number of aromatic amines is 1. The van der Waals surface area contributed by atoms with Crippen molar-refractivity contribution < 1.29 is 34.4 Å². The van der Waals surface area contributed by atoms with E-state index >= 15 is 0 Å². The summed E-state index contributed by atoms with van der Waals surface area (Å²) in [4.78, 5) is 30.3. The second-order valence-electron chi connectivity index (χ2n) is 16.6. The molecule has 4 aromatic heterocycles. The zero-order valence-corrected chi connectivity index (χ0v) is 54.0. The monoisotopic (exact) mass is 1380 g/mol. The van der Waals surface area contributed by atoms with Crippen LogP contribution in [0.3, 0.4) is 0 Å². The summed E-state index contributed by atoms with van der Waals surface area (Å²) >= 11 is 19.6. The molecule has 84 heavy (non-hydrogen) atoms. The number of nitrogens with two attached hydrogens (primary N) is 1. The van der Waals surface area contributed by atoms with Crippen LogP contribution in [-0.4, -0.2) is 51.7 Å². The first-order chi connectivity index (χ1) is 40.0. The zero-order valence-electron chi connectivity index (χ0n) is 43.9. The van der Waals surface area contributed by atoms with E-state index in [0.717, 1.165) is 91.1 Å². The minimum atomic E-state index is 0. The third kappa shape index (κ3) is 21.0. The Labute approximate surface area is 552 Å². The Morgan fingerprint density at radius 1 is 0.524 bits per heavy atom. The molecule has 0 aliphatic carbocycles. The van der Waals surface area contributed by atoms with Gasteiger partial charge in [-0.15, -0.1) is 44.2 Å². The molecule has 0 atom stereocenters. The Morgan fingerprint density at radius 2 is 0.869 bits per heavy atom. The Hall–Kier alpha value is -7.48. The number of ketones is 1. The van der Waals surface area contributed by atoms with Crippen molar-refractivity contribution in [1.29, 1.82) is 0 Å². The number of benzene rings is 8. The van der Waals surface area contributed by atoms with Gasteiger partial charge in [-0.25, -0.2) is 19.8 Å². The van der Waals surface area contributed by atoms with Gasteiger partial charge < -0.3 is 16.8 Å². The molecule has 0 saturated heterocycles. The Balaban J connectivity index is 0.000000194. The topological polar surface area (TPSA) is 199 Å². The van der Waals surface area contributed by atoms with E-state index in [4.69, 9.17) is 40.6 Å². The van der Waals surface area contributed by atoms with Gasteiger partial charge in [-0.1, -0.05) is 262 Å². The predicted octanol–water partition coefficient (Wildman–Crippen LogP) is 16.8. The maximum atomic E-state index is 11.0. The van der Waals surface area contributed by atoms with Crippen molar-refractivity contribution >= 4 is 110 Å². The number of carbonyl (C=O) groups excluding carboxylic acids is 1. The van der Waals surface area contributed by atoms with Gasteiger partial charge in [-0.05, 0) is 29.5 Å². The standard InChI is InChI=1S/C16H11N5S.C16H10N2S.C15H10BrNS.C8H7BrO.C7H6BrNS.CH4.N3.Na/c1-2-4-11(5-3-1)14-10-22-16(17-14)13-8-6-12(7-9-13)15-18-20-21-19-15;1-17-14-9-7-13(8-10-14)16-18-15(11-19-16)12-5-3-2-4-6-12;16-13-8-6-12(7-9-13)15-17-14(10-18-15)11-4-2-1-3-5-11;9-6-8(10)7-4-2-1-3-5-7;8-6-3-1-5(2-4-6)7(9)10;;1-3-2;/h1-10H,(H,18,19,20,21);2-11H;1-10H;1-5H,6H2;1-4H,(H2,9,10);1H4;;/q;;;;;;-1;+1. The van der Waals surface area contributed by atoms with Crippen LogP contribution in [0.5, 0.6) is 0 Å². The van der Waals surface area contributed by atoms with E-state index < -0.39 is 0 Å². The van der Waals surface area contributed by atoms with Crippen LogP contribution in [0.2, 0.25) is 0 Å². The van der Waals surface area contributed by atoms with Crippen molar-refractivity contribution in [3.8, 4) is 76.9 Å². The van der Waals surface area contributed by atoms with Gasteiger partial charge in [0.1, 0.15) is 20.0 Å². The Bertz CT molecular complexity index is 3940. The number of rotatable bonds is 10. The summed E-state index contributed by atoms with van der Waals surface area (Å²) in [5, 5.41) is 23.7. The van der Waals surface area contributed by atoms with Gasteiger partial charge in [0.25, 0.3) is 0 Å². The van der Waals surface area contributed by atoms with Crippen molar-refractivity contribution in [3.05, 3.63) is 282 Å². The third-order valence-electron chi connectivity index (χ3n) is 11.1. The molecule has 0 bridgehead atoms. The molecule has 0 aliphatic heterocycles. The average molecular weight is 1380 g/mol. The predicted molar refractivity (Wildman–Crippen MR) is 357 cm³/mol. The largest absolute Gasteiger partial charge is 1.00 e. The zero-order chi connectivity index (χ0) is 57.9. The SMILES string of the molecule is Brc1ccc(-c2nc(-c3ccccc3)cs2)cc1.C.NC(=S)c1ccc(Br)cc1.O=C(CBr)c1ccccc1.[C-]#[N+]c1ccc(-c2nc(-c3ccccc3)cs2)cc1.[N-]=[N+]=[N-].[Na+].c1ccc(-c2csc(-c3ccc(-c4nn[nH]n4)cc3)n2)cc1. The third-order valence-corrected chi connectivity index (χ3v) is 15.6. The average Bonchev–Trinajstić information content (AvgIpc) is 4.51. The summed E-state index contributed by atoms with van der Waals surface area (Å²) < 4.78 is 2.12. The maximum Gasteiger partial charge on any atom is 1.00 e. The van der Waals surface area contributed by atoms with E-state index in [1.54, 1.807) is 34.0 Å². The number of hydrogen-bond acceptors (Lipinski definition) is 11. The molecule has 12 aromatic rings. The molecule has 8 aromatic carbocycles. The summed E-state index contributed by atoms with van der Waals surface area (Å²) in [6, 6.07) is 71.2. The first-order valence-corrected chi connectivity index (χ1v) is 30.1. The number of nitrogens with zero attached hydrogens (tertiary/aromatic N) is 10. The number of halogens is 3. The fourth-order valence-electron chi connectivity index (χ4n) is 7.08. The molecule has 0 aliphatic rings. The number of aromatic nitrogens is 7. The number of carbonyl (C=O) groups is 1. The summed E-state index contributed by atoms with van der Waals surface area (Å²) in [6.07, 6.45) is 0. The molecule has 12 rings (SSSR count). The van der Waals surface area contributed by atoms with Crippen LogP contribution in [0.25, 0.3) is 97.7 Å². The molecule has 13 nitrogen and oxygen atoms in total. The van der Waals surface area contributed by atoms with E-state index in [2.05, 4.69) is 148 Å². The molecule has 21 heteroatoms. The fourth-order valence-corrected chi connectivity index (χ4v) is 10.6. The Kier molecular flexibility index (Phi) is 29.1. The smallest absolute Gasteiger partial charge is 0.389 e. The van der Waals surface area contributed by atoms with Gasteiger partial charge >= 0.3 is 29.6 Å². The van der Waals surface area contributed by atoms with Crippen LogP contribution in [0.1, 0.15) is 23.3 Å². The van der Waals surface area contributed by atoms with E-state index in [1.807, 2.05) is 170 Å². The van der Waals surface area contributed by atoms with E-state index in [1.165, 1.54) is 4.91 Å². The number of alkyl halides is 1. The Morgan fingerprint density at radius 3 is 1.21 bits per heavy atom. The second kappa shape index (κ2) is 36.3. The molecular formula is C63H48Br3N12NaOS4. The van der Waals surface area contributed by atoms with Crippen LogP contribution in [0, 0.1) is 6.57 Å². The number of nitrogens with one attached hydrogen (secondary N) is 1. The van der Waals surface area contributed by atoms with E-state index in [0.29, 0.717) is 21.8 Å². The number of thiazole rings is 3. The first kappa shape index (κ1) is 67.3. The number of Topliss-reactive ketones (excluding diaryl/α,β-unsaturated/α-hetero) is 1. The number of tetrazole rings is 1. The molecule has 0 radical (unpaired) electrons. The summed E-state index contributed by atoms with van der Waals surface area (Å²) in [5.74, 6) is 0.719. The number of thiocarbonyl (C=S) groups is 1. The first-order valence-electron chi connectivity index (χ1n) is 24.3. The van der Waals surface area contributed by atoms with Crippen LogP contribution in [-0.2, 0) is 0 Å². The molecular weight excluding hydrogens is 1330 g/mol. The van der Waals surface area contributed by atoms with Gasteiger partial charge in [0, 0.05) is 75.2 Å². The molecule has 3 N–H and O–H groups in total. The summed E-state index contributed by atoms with van der Waals surface area (Å²) in [6.45, 7) is 6.95. The van der Waals surface area contributed by atoms with Gasteiger partial charge in [0.15, 0.2) is 11.5 Å². The molecule has 412 valence electrons. The minimum Gasteiger partial charge on any atom is -0.389 e. The van der Waals surface area contributed by atoms with Crippen LogP contribution >= 0.6 is 94.0 Å². The summed E-state index contributed by atoms with van der Waals surface area (Å²) in [7, 11) is 0. The van der Waals surface area contributed by atoms with E-state index in [-0.39, 0.29) is 42.8 Å². The van der Waals surface area contributed by atoms with Crippen molar-refractivity contribution in [2.75, 3.05) is 5.33 Å². The van der Waals surface area contributed by atoms with Gasteiger partial charge in [0.05, 0.1) is 29.0 Å². The number of hydrogen-bond donors (Lipinski definition) is 2. The van der Waals surface area contributed by atoms with Crippen molar-refractivity contribution in [2.24, 2.45) is 5.73 Å². The van der Waals surface area contributed by atoms with Crippen LogP contribution in [0.4, 0.5) is 5.69 Å². The molecule has 0 saturated carbocycles. The quantitative estimate of drug-likeness (QED) is 0.0195. The van der Waals surface area contributed by atoms with Gasteiger partial charge in [-0.2, -0.15) is 5.21 Å². The normalized spacial score (nSPS) is 9.64. The maximum absolute atomic E-state index is 11.0. The molecule has 0 spiro atoms. The van der Waals surface area contributed by atoms with Crippen LogP contribution < -0.4 is 35.3 Å². The van der Waals surface area contributed by atoms with E-state index in [9.17, 15) is 4.79 Å². The minimum absolute atomic E-state index is 0. The molecule has 0 amide bonds.